The summed E-state index contributed by atoms with van der Waals surface area (Å²) in [6.07, 6.45) is 10.4. The maximum absolute atomic E-state index is 2.18. The van der Waals surface area contributed by atoms with Gasteiger partial charge in [0.1, 0.15) is 0 Å². The van der Waals surface area contributed by atoms with Gasteiger partial charge in [-0.05, 0) is 50.1 Å². The van der Waals surface area contributed by atoms with E-state index in [1.165, 1.54) is 16.8 Å². The van der Waals surface area contributed by atoms with Gasteiger partial charge in [-0.25, -0.2) is 0 Å². The minimum absolute atomic E-state index is 1.21. The summed E-state index contributed by atoms with van der Waals surface area (Å²) >= 11 is 0. The lowest BCUT2D eigenvalue weighted by atomic mass is 10.2. The Balaban J connectivity index is 2.72. The third kappa shape index (κ3) is 4.73. The van der Waals surface area contributed by atoms with Gasteiger partial charge in [-0.3, -0.25) is 0 Å². The van der Waals surface area contributed by atoms with Crippen molar-refractivity contribution in [3.63, 3.8) is 0 Å². The number of anilines is 1. The molecule has 90 valence electrons. The van der Waals surface area contributed by atoms with Gasteiger partial charge in [-0.1, -0.05) is 30.4 Å². The normalized spacial score (nSPS) is 12.6. The Hall–Kier alpha value is -1.76. The number of rotatable bonds is 4. The number of aryl methyl sites for hydroxylation is 1. The van der Waals surface area contributed by atoms with Crippen LogP contribution in [0.15, 0.2) is 60.3 Å². The molecule has 0 bridgehead atoms. The summed E-state index contributed by atoms with van der Waals surface area (Å²) < 4.78 is 0. The van der Waals surface area contributed by atoms with E-state index in [1.54, 1.807) is 0 Å². The van der Waals surface area contributed by atoms with Crippen molar-refractivity contribution in [3.8, 4) is 0 Å². The first-order valence-corrected chi connectivity index (χ1v) is 5.91. The predicted octanol–water partition coefficient (Wildman–Crippen LogP) is 4.47. The van der Waals surface area contributed by atoms with Crippen LogP contribution in [-0.2, 0) is 0 Å². The fourth-order valence-corrected chi connectivity index (χ4v) is 1.47. The highest BCUT2D eigenvalue weighted by Crippen LogP contribution is 2.14. The zero-order chi connectivity index (χ0) is 12.7. The van der Waals surface area contributed by atoms with Crippen molar-refractivity contribution in [3.05, 3.63) is 65.9 Å². The first-order valence-electron chi connectivity index (χ1n) is 5.91. The highest BCUT2D eigenvalue weighted by atomic mass is 15.1. The molecule has 0 aliphatic heterocycles. The number of hydrogen-bond acceptors (Lipinski definition) is 1. The van der Waals surface area contributed by atoms with Gasteiger partial charge < -0.3 is 4.90 Å². The second-order valence-electron chi connectivity index (χ2n) is 4.20. The van der Waals surface area contributed by atoms with Gasteiger partial charge in [0, 0.05) is 18.9 Å². The summed E-state index contributed by atoms with van der Waals surface area (Å²) in [5, 5.41) is 0. The van der Waals surface area contributed by atoms with E-state index >= 15 is 0 Å². The molecule has 0 spiro atoms. The maximum atomic E-state index is 2.18. The number of nitrogens with zero attached hydrogens (tertiary/aromatic N) is 1. The van der Waals surface area contributed by atoms with E-state index < -0.39 is 0 Å². The highest BCUT2D eigenvalue weighted by Gasteiger charge is 1.95. The first kappa shape index (κ1) is 13.3. The fourth-order valence-electron chi connectivity index (χ4n) is 1.47. The van der Waals surface area contributed by atoms with Gasteiger partial charge >= 0.3 is 0 Å². The molecule has 1 nitrogen and oxygen atoms in total. The molecule has 17 heavy (non-hydrogen) atoms. The van der Waals surface area contributed by atoms with Crippen molar-refractivity contribution >= 4 is 5.69 Å². The quantitative estimate of drug-likeness (QED) is 0.686. The fraction of sp³-hybridized carbons (Fsp3) is 0.250. The third-order valence-electron chi connectivity index (χ3n) is 2.52. The van der Waals surface area contributed by atoms with Crippen LogP contribution in [0.4, 0.5) is 5.69 Å². The van der Waals surface area contributed by atoms with E-state index in [0.717, 1.165) is 0 Å². The molecule has 1 aromatic rings. The molecule has 0 heterocycles. The molecule has 0 amide bonds. The lowest BCUT2D eigenvalue weighted by molar-refractivity contribution is 1.19. The van der Waals surface area contributed by atoms with Crippen LogP contribution in [0.1, 0.15) is 19.4 Å². The van der Waals surface area contributed by atoms with Crippen molar-refractivity contribution in [2.24, 2.45) is 0 Å². The Morgan fingerprint density at radius 2 is 2.06 bits per heavy atom. The van der Waals surface area contributed by atoms with Gasteiger partial charge in [0.05, 0.1) is 0 Å². The Morgan fingerprint density at radius 1 is 1.29 bits per heavy atom. The van der Waals surface area contributed by atoms with Crippen molar-refractivity contribution in [2.45, 2.75) is 20.8 Å². The van der Waals surface area contributed by atoms with Gasteiger partial charge in [-0.2, -0.15) is 0 Å². The van der Waals surface area contributed by atoms with Crippen LogP contribution in [-0.4, -0.2) is 7.05 Å². The Morgan fingerprint density at radius 3 is 2.71 bits per heavy atom. The van der Waals surface area contributed by atoms with Crippen LogP contribution in [0.2, 0.25) is 0 Å². The standard InChI is InChI=1S/C16H21N/c1-5-6-8-14(2)11-12-17(4)16-10-7-9-15(3)13-16/h5-13H,1-4H3/b6-5-,12-11+,14-8-. The average molecular weight is 227 g/mol. The van der Waals surface area contributed by atoms with Crippen LogP contribution in [0.5, 0.6) is 0 Å². The molecule has 1 heteroatoms. The maximum Gasteiger partial charge on any atom is 0.0406 e. The average Bonchev–Trinajstić information content (AvgIpc) is 2.33. The first-order chi connectivity index (χ1) is 8.13. The topological polar surface area (TPSA) is 3.24 Å². The summed E-state index contributed by atoms with van der Waals surface area (Å²) in [7, 11) is 2.06. The van der Waals surface area contributed by atoms with Crippen LogP contribution in [0, 0.1) is 6.92 Å². The number of allylic oxidation sites excluding steroid dienone is 5. The molecule has 0 unspecified atom stereocenters. The van der Waals surface area contributed by atoms with Crippen molar-refractivity contribution < 1.29 is 0 Å². The molecule has 0 N–H and O–H groups in total. The van der Waals surface area contributed by atoms with Crippen LogP contribution >= 0.6 is 0 Å². The van der Waals surface area contributed by atoms with Gasteiger partial charge in [0.15, 0.2) is 0 Å². The van der Waals surface area contributed by atoms with Crippen LogP contribution in [0.25, 0.3) is 0 Å². The summed E-state index contributed by atoms with van der Waals surface area (Å²) in [5.41, 5.74) is 3.73. The Bertz CT molecular complexity index is 439. The van der Waals surface area contributed by atoms with E-state index in [0.29, 0.717) is 0 Å². The summed E-state index contributed by atoms with van der Waals surface area (Å²) in [6.45, 7) is 6.23. The molecule has 0 aliphatic rings. The van der Waals surface area contributed by atoms with Crippen molar-refractivity contribution in [2.75, 3.05) is 11.9 Å². The lowest BCUT2D eigenvalue weighted by Crippen LogP contribution is -2.07. The second-order valence-corrected chi connectivity index (χ2v) is 4.20. The van der Waals surface area contributed by atoms with Gasteiger partial charge in [0.2, 0.25) is 0 Å². The molecule has 1 aromatic carbocycles. The minimum atomic E-state index is 1.21. The lowest BCUT2D eigenvalue weighted by Gasteiger charge is -2.14. The summed E-state index contributed by atoms with van der Waals surface area (Å²) in [4.78, 5) is 2.12. The van der Waals surface area contributed by atoms with E-state index in [1.807, 2.05) is 19.1 Å². The van der Waals surface area contributed by atoms with E-state index in [2.05, 4.69) is 68.4 Å². The second kappa shape index (κ2) is 6.74. The summed E-state index contributed by atoms with van der Waals surface area (Å²) in [6, 6.07) is 8.48. The molecule has 0 saturated carbocycles. The third-order valence-corrected chi connectivity index (χ3v) is 2.52. The van der Waals surface area contributed by atoms with Gasteiger partial charge in [-0.15, -0.1) is 0 Å². The highest BCUT2D eigenvalue weighted by molar-refractivity contribution is 5.50. The molecule has 0 radical (unpaired) electrons. The largest absolute Gasteiger partial charge is 0.351 e. The van der Waals surface area contributed by atoms with Crippen molar-refractivity contribution in [1.29, 1.82) is 0 Å². The predicted molar refractivity (Wildman–Crippen MR) is 77.3 cm³/mol. The molecule has 0 aliphatic carbocycles. The zero-order valence-electron chi connectivity index (χ0n) is 11.1. The van der Waals surface area contributed by atoms with E-state index in [9.17, 15) is 0 Å². The van der Waals surface area contributed by atoms with Crippen LogP contribution < -0.4 is 4.90 Å². The Kier molecular flexibility index (Phi) is 5.28. The molecule has 0 aromatic heterocycles. The zero-order valence-corrected chi connectivity index (χ0v) is 11.1. The van der Waals surface area contributed by atoms with Crippen LogP contribution in [0.3, 0.4) is 0 Å². The Labute approximate surface area is 105 Å². The van der Waals surface area contributed by atoms with Gasteiger partial charge in [0.25, 0.3) is 0 Å². The number of benzene rings is 1. The minimum Gasteiger partial charge on any atom is -0.351 e. The summed E-state index contributed by atoms with van der Waals surface area (Å²) in [5.74, 6) is 0. The monoisotopic (exact) mass is 227 g/mol. The smallest absolute Gasteiger partial charge is 0.0406 e. The molecular formula is C16H21N. The number of hydrogen-bond donors (Lipinski definition) is 0. The molecule has 0 saturated heterocycles. The molecule has 0 fully saturated rings. The van der Waals surface area contributed by atoms with E-state index in [4.69, 9.17) is 0 Å². The van der Waals surface area contributed by atoms with E-state index in [-0.39, 0.29) is 0 Å². The molecular weight excluding hydrogens is 206 g/mol. The molecule has 0 atom stereocenters. The molecule has 1 rings (SSSR count). The SMILES string of the molecule is C\C=C/C=C(C)\C=C\N(C)c1cccc(C)c1. The van der Waals surface area contributed by atoms with Crippen molar-refractivity contribution in [1.82, 2.24) is 0 Å².